The van der Waals surface area contributed by atoms with Crippen molar-refractivity contribution in [3.8, 4) is 0 Å². The van der Waals surface area contributed by atoms with E-state index in [4.69, 9.17) is 48.4 Å². The molecule has 3 aliphatic heterocycles. The van der Waals surface area contributed by atoms with E-state index in [2.05, 4.69) is 53.2 Å². The summed E-state index contributed by atoms with van der Waals surface area (Å²) in [5.41, 5.74) is 4.29. The van der Waals surface area contributed by atoms with Gasteiger partial charge in [0.1, 0.15) is 78.6 Å². The molecule has 3 fully saturated rings. The summed E-state index contributed by atoms with van der Waals surface area (Å²) in [5.74, 6) is -3.69. The summed E-state index contributed by atoms with van der Waals surface area (Å²) < 4.78 is 51.8. The van der Waals surface area contributed by atoms with Gasteiger partial charge in [-0.3, -0.25) is 47.9 Å². The van der Waals surface area contributed by atoms with Crippen LogP contribution in [-0.4, -0.2) is 328 Å². The number of ether oxygens (including phenoxy) is 9. The number of carbonyl (C=O) groups excluding carboxylic acids is 10. The normalized spacial score (nSPS) is 24.9. The van der Waals surface area contributed by atoms with E-state index in [-0.39, 0.29) is 185 Å². The Morgan fingerprint density at radius 2 is 0.604 bits per heavy atom. The summed E-state index contributed by atoms with van der Waals surface area (Å²) >= 11 is 0. The molecule has 106 heavy (non-hydrogen) atoms. The second kappa shape index (κ2) is 54.5. The van der Waals surface area contributed by atoms with Gasteiger partial charge in [0.05, 0.1) is 59.5 Å². The van der Waals surface area contributed by atoms with Crippen molar-refractivity contribution < 1.29 is 137 Å². The highest BCUT2D eigenvalue weighted by Crippen LogP contribution is 2.26. The summed E-state index contributed by atoms with van der Waals surface area (Å²) in [6, 6.07) is -3.27. The fraction of sp³-hybridized carbons (Fsp3) is 0.851. The molecule has 0 aromatic rings. The van der Waals surface area contributed by atoms with Crippen LogP contribution in [0, 0.1) is 0 Å². The number of rotatable bonds is 57. The van der Waals surface area contributed by atoms with Crippen molar-refractivity contribution in [1.82, 2.24) is 53.2 Å². The number of hydrogen-bond donors (Lipinski definition) is 20. The van der Waals surface area contributed by atoms with Crippen LogP contribution in [0.2, 0.25) is 0 Å². The van der Waals surface area contributed by atoms with E-state index >= 15 is 0 Å². The predicted octanol–water partition coefficient (Wildman–Crippen LogP) is -7.16. The standard InChI is InChI=1S/C67H121N11O28/c1-42(82)75-55-61(95)58(92)45(36-79)104-64(55)101-30-10-6-16-48(85)69-24-13-27-72-51(88)20-33-98-39-67(78-54(91)19-5-4-9-23-68,40-99-34-21-52(89)73-28-14-25-70-49(86)17-7-11-31-102-65-56(76-43(2)83)62(96)59(93)46(37-80)105-65)41-100-35-22-53(90)74-29-15-26-71-50(87)18-8-12-32-103-66-57(77-44(3)84)63(97)60(94)47(38-81)106-66/h45-47,55-66,79-81,92-97H,4-41,68H2,1-3H3,(H,69,85)(H,70,86)(H,71,87)(H,72,88)(H,73,89)(H,74,90)(H,75,82)(H,76,83)(H,77,84)(H,78,91). The zero-order valence-corrected chi connectivity index (χ0v) is 61.4. The van der Waals surface area contributed by atoms with E-state index < -0.39 is 135 Å². The molecule has 15 unspecified atom stereocenters. The molecule has 15 atom stereocenters. The van der Waals surface area contributed by atoms with E-state index in [1.807, 2.05) is 0 Å². The number of unbranched alkanes of at least 4 members (excludes halogenated alkanes) is 5. The molecule has 0 aromatic heterocycles. The van der Waals surface area contributed by atoms with Gasteiger partial charge < -0.3 is 147 Å². The highest BCUT2D eigenvalue weighted by Gasteiger charge is 2.48. The molecule has 0 spiro atoms. The third-order valence-electron chi connectivity index (χ3n) is 17.1. The van der Waals surface area contributed by atoms with Crippen LogP contribution in [0.1, 0.15) is 143 Å². The number of aliphatic hydroxyl groups excluding tert-OH is 9. The second-order valence-electron chi connectivity index (χ2n) is 26.3. The predicted molar refractivity (Wildman–Crippen MR) is 372 cm³/mol. The van der Waals surface area contributed by atoms with Gasteiger partial charge in [-0.1, -0.05) is 6.42 Å². The van der Waals surface area contributed by atoms with Crippen LogP contribution in [0.15, 0.2) is 0 Å². The number of carbonyl (C=O) groups is 10. The lowest BCUT2D eigenvalue weighted by Crippen LogP contribution is -2.64. The Balaban J connectivity index is 1.48. The first-order chi connectivity index (χ1) is 50.8. The van der Waals surface area contributed by atoms with Crippen LogP contribution in [0.3, 0.4) is 0 Å². The van der Waals surface area contributed by atoms with Crippen molar-refractivity contribution in [2.75, 3.05) is 125 Å². The van der Waals surface area contributed by atoms with E-state index in [0.29, 0.717) is 83.6 Å². The minimum Gasteiger partial charge on any atom is -0.394 e. The molecule has 0 aliphatic carbocycles. The average molecular weight is 1530 g/mol. The summed E-state index contributed by atoms with van der Waals surface area (Å²) in [5, 5.41) is 118. The quantitative estimate of drug-likeness (QED) is 0.0252. The maximum Gasteiger partial charge on any atom is 0.222 e. The number of hydrogen-bond acceptors (Lipinski definition) is 29. The van der Waals surface area contributed by atoms with Crippen LogP contribution in [0.25, 0.3) is 0 Å². The Morgan fingerprint density at radius 3 is 0.868 bits per heavy atom. The van der Waals surface area contributed by atoms with Gasteiger partial charge in [0.25, 0.3) is 0 Å². The molecule has 612 valence electrons. The molecule has 10 amide bonds. The van der Waals surface area contributed by atoms with Crippen molar-refractivity contribution in [2.24, 2.45) is 5.73 Å². The Morgan fingerprint density at radius 1 is 0.340 bits per heavy atom. The van der Waals surface area contributed by atoms with Gasteiger partial charge in [-0.2, -0.15) is 0 Å². The van der Waals surface area contributed by atoms with Gasteiger partial charge in [0.2, 0.25) is 59.1 Å². The van der Waals surface area contributed by atoms with Crippen molar-refractivity contribution in [2.45, 2.75) is 240 Å². The first-order valence-corrected chi connectivity index (χ1v) is 36.7. The van der Waals surface area contributed by atoms with Gasteiger partial charge in [-0.25, -0.2) is 0 Å². The number of amides is 10. The highest BCUT2D eigenvalue weighted by atomic mass is 16.7. The molecule has 0 radical (unpaired) electrons. The second-order valence-corrected chi connectivity index (χ2v) is 26.3. The van der Waals surface area contributed by atoms with Gasteiger partial charge in [-0.05, 0) is 77.2 Å². The number of aliphatic hydroxyl groups is 9. The zero-order valence-electron chi connectivity index (χ0n) is 61.4. The third kappa shape index (κ3) is 38.3. The molecule has 3 rings (SSSR count). The largest absolute Gasteiger partial charge is 0.394 e. The van der Waals surface area contributed by atoms with Crippen molar-refractivity contribution in [3.05, 3.63) is 0 Å². The fourth-order valence-electron chi connectivity index (χ4n) is 11.3. The molecule has 39 heteroatoms. The molecule has 3 heterocycles. The first kappa shape index (κ1) is 94.1. The lowest BCUT2D eigenvalue weighted by Gasteiger charge is -2.42. The minimum atomic E-state index is -1.46. The van der Waals surface area contributed by atoms with Crippen molar-refractivity contribution in [3.63, 3.8) is 0 Å². The lowest BCUT2D eigenvalue weighted by molar-refractivity contribution is -0.270. The summed E-state index contributed by atoms with van der Waals surface area (Å²) in [7, 11) is 0. The van der Waals surface area contributed by atoms with Crippen molar-refractivity contribution in [1.29, 1.82) is 0 Å². The van der Waals surface area contributed by atoms with E-state index in [9.17, 15) is 93.9 Å². The topological polar surface area (TPSA) is 582 Å². The number of nitrogens with two attached hydrogens (primary N) is 1. The van der Waals surface area contributed by atoms with E-state index in [1.54, 1.807) is 0 Å². The Labute approximate surface area is 617 Å². The van der Waals surface area contributed by atoms with Gasteiger partial charge in [0.15, 0.2) is 18.9 Å². The first-order valence-electron chi connectivity index (χ1n) is 36.7. The summed E-state index contributed by atoms with van der Waals surface area (Å²) in [6.45, 7) is 2.96. The molecule has 0 aromatic carbocycles. The maximum atomic E-state index is 13.6. The maximum absolute atomic E-state index is 13.6. The molecule has 3 saturated heterocycles. The van der Waals surface area contributed by atoms with E-state index in [1.165, 1.54) is 20.8 Å². The molecule has 21 N–H and O–H groups in total. The molecule has 0 saturated carbocycles. The number of nitrogens with one attached hydrogen (secondary N) is 10. The monoisotopic (exact) mass is 1530 g/mol. The van der Waals surface area contributed by atoms with Crippen LogP contribution < -0.4 is 58.9 Å². The zero-order chi connectivity index (χ0) is 78.2. The SMILES string of the molecule is CC(=O)NC1C(OCCCCC(=O)NCCCNC(=O)CCOCC(COCCC(=O)NCCCNC(=O)CCCCOC2OC(CO)C(O)C(O)C2NC(C)=O)(COCCC(=O)NCCCNC(=O)CCCCOC2OC(CO)C(O)C(O)C2NC(C)=O)NC(=O)CCCCCN)OC(CO)C(O)C1O. The minimum absolute atomic E-state index is 0.0824. The van der Waals surface area contributed by atoms with Crippen LogP contribution in [0.5, 0.6) is 0 Å². The van der Waals surface area contributed by atoms with Gasteiger partial charge in [0, 0.05) is 125 Å². The lowest BCUT2D eigenvalue weighted by atomic mass is 9.97. The molecule has 0 bridgehead atoms. The molecular formula is C67H121N11O28. The van der Waals surface area contributed by atoms with Crippen LogP contribution >= 0.6 is 0 Å². The molecular weight excluding hydrogens is 1410 g/mol. The Kier molecular flexibility index (Phi) is 48.4. The smallest absolute Gasteiger partial charge is 0.222 e. The average Bonchev–Trinajstić information content (AvgIpc) is 0.824. The van der Waals surface area contributed by atoms with E-state index in [0.717, 1.165) is 0 Å². The van der Waals surface area contributed by atoms with Crippen molar-refractivity contribution >= 4 is 59.1 Å². The summed E-state index contributed by atoms with van der Waals surface area (Å²) in [6.07, 6.45) is -9.83. The third-order valence-corrected chi connectivity index (χ3v) is 17.1. The van der Waals surface area contributed by atoms with Crippen LogP contribution in [-0.2, 0) is 90.6 Å². The van der Waals surface area contributed by atoms with Crippen LogP contribution in [0.4, 0.5) is 0 Å². The Bertz CT molecular complexity index is 2330. The fourth-order valence-corrected chi connectivity index (χ4v) is 11.3. The molecule has 3 aliphatic rings. The Hall–Kier alpha value is -6.06. The summed E-state index contributed by atoms with van der Waals surface area (Å²) in [4.78, 5) is 125. The van der Waals surface area contributed by atoms with Gasteiger partial charge in [-0.15, -0.1) is 0 Å². The highest BCUT2D eigenvalue weighted by molar-refractivity contribution is 5.79. The van der Waals surface area contributed by atoms with Gasteiger partial charge >= 0.3 is 0 Å². The molecule has 39 nitrogen and oxygen atoms in total.